The van der Waals surface area contributed by atoms with E-state index >= 15 is 0 Å². The Labute approximate surface area is 155 Å². The van der Waals surface area contributed by atoms with Crippen LogP contribution in [0, 0.1) is 17.8 Å². The fourth-order valence-corrected chi connectivity index (χ4v) is 4.44. The first-order valence-corrected chi connectivity index (χ1v) is 9.51. The van der Waals surface area contributed by atoms with Gasteiger partial charge < -0.3 is 20.6 Å². The number of likely N-dealkylation sites (N-methyl/N-ethyl adjacent to an activating group) is 1. The number of aromatic nitrogens is 2. The van der Waals surface area contributed by atoms with Crippen LogP contribution >= 0.6 is 0 Å². The Morgan fingerprint density at radius 2 is 1.96 bits per heavy atom. The topological polar surface area (TPSA) is 95.6 Å². The van der Waals surface area contributed by atoms with Crippen molar-refractivity contribution in [1.82, 2.24) is 19.8 Å². The molecule has 0 bridgehead atoms. The maximum absolute atomic E-state index is 13.0. The summed E-state index contributed by atoms with van der Waals surface area (Å²) < 4.78 is 0. The number of hydrogen-bond acceptors (Lipinski definition) is 6. The van der Waals surface area contributed by atoms with Crippen molar-refractivity contribution >= 4 is 11.9 Å². The van der Waals surface area contributed by atoms with E-state index in [0.29, 0.717) is 30.0 Å². The number of aliphatic hydroxyl groups excluding tert-OH is 1. The van der Waals surface area contributed by atoms with Crippen LogP contribution in [0.3, 0.4) is 0 Å². The minimum absolute atomic E-state index is 0.0746. The van der Waals surface area contributed by atoms with Crippen molar-refractivity contribution in [3.05, 3.63) is 17.5 Å². The van der Waals surface area contributed by atoms with E-state index in [1.54, 1.807) is 6.07 Å². The standard InChI is InChI=1S/C19H31N5O2/c1-11(2)5-14-8-15(22-19(20)21-14)18(26)24-9-12-6-16(23(3)4)17(25)7-13(12)10-24/h8,11-13,16-17,25H,5-7,9-10H2,1-4H3,(H2,20,21,22)/t12-,13+,16-,17-/m1/s1. The van der Waals surface area contributed by atoms with Gasteiger partial charge in [-0.15, -0.1) is 0 Å². The predicted octanol–water partition coefficient (Wildman–Crippen LogP) is 1.03. The van der Waals surface area contributed by atoms with Crippen LogP contribution in [0.5, 0.6) is 0 Å². The van der Waals surface area contributed by atoms with Crippen LogP contribution in [0.1, 0.15) is 42.9 Å². The molecule has 2 heterocycles. The molecule has 3 N–H and O–H groups in total. The molecular formula is C19H31N5O2. The number of fused-ring (bicyclic) bond motifs is 1. The molecule has 1 aromatic heterocycles. The second-order valence-corrected chi connectivity index (χ2v) is 8.50. The van der Waals surface area contributed by atoms with Crippen molar-refractivity contribution in [2.24, 2.45) is 17.8 Å². The normalized spacial score (nSPS) is 28.7. The maximum atomic E-state index is 13.0. The molecule has 1 aromatic rings. The van der Waals surface area contributed by atoms with E-state index in [0.717, 1.165) is 31.5 Å². The van der Waals surface area contributed by atoms with Gasteiger partial charge in [0.15, 0.2) is 0 Å². The van der Waals surface area contributed by atoms with Crippen LogP contribution in [0.15, 0.2) is 6.07 Å². The van der Waals surface area contributed by atoms with E-state index in [-0.39, 0.29) is 24.0 Å². The Morgan fingerprint density at radius 1 is 1.31 bits per heavy atom. The number of carbonyl (C=O) groups is 1. The van der Waals surface area contributed by atoms with Crippen LogP contribution in [-0.4, -0.2) is 70.1 Å². The van der Waals surface area contributed by atoms with Gasteiger partial charge in [0, 0.05) is 24.8 Å². The highest BCUT2D eigenvalue weighted by molar-refractivity contribution is 5.92. The Bertz CT molecular complexity index is 663. The molecule has 1 saturated carbocycles. The number of anilines is 1. The van der Waals surface area contributed by atoms with Gasteiger partial charge in [-0.05, 0) is 57.2 Å². The fraction of sp³-hybridized carbons (Fsp3) is 0.737. The number of hydrogen-bond donors (Lipinski definition) is 2. The summed E-state index contributed by atoms with van der Waals surface area (Å²) in [6.45, 7) is 5.63. The van der Waals surface area contributed by atoms with Gasteiger partial charge in [-0.2, -0.15) is 0 Å². The smallest absolute Gasteiger partial charge is 0.272 e. The van der Waals surface area contributed by atoms with E-state index in [1.807, 2.05) is 19.0 Å². The molecule has 7 heteroatoms. The number of nitrogens with two attached hydrogens (primary N) is 1. The molecule has 1 aliphatic heterocycles. The molecule has 4 atom stereocenters. The lowest BCUT2D eigenvalue weighted by Gasteiger charge is -2.38. The minimum Gasteiger partial charge on any atom is -0.391 e. The van der Waals surface area contributed by atoms with Gasteiger partial charge in [-0.1, -0.05) is 13.8 Å². The number of carbonyl (C=O) groups excluding carboxylic acids is 1. The zero-order valence-electron chi connectivity index (χ0n) is 16.2. The molecule has 0 radical (unpaired) electrons. The van der Waals surface area contributed by atoms with Crippen LogP contribution < -0.4 is 5.73 Å². The third-order valence-corrected chi connectivity index (χ3v) is 5.69. The molecule has 0 unspecified atom stereocenters. The average molecular weight is 361 g/mol. The lowest BCUT2D eigenvalue weighted by atomic mass is 9.77. The molecule has 0 spiro atoms. The Kier molecular flexibility index (Phi) is 5.48. The zero-order chi connectivity index (χ0) is 19.0. The Morgan fingerprint density at radius 3 is 2.58 bits per heavy atom. The molecule has 7 nitrogen and oxygen atoms in total. The first kappa shape index (κ1) is 19.0. The van der Waals surface area contributed by atoms with Crippen LogP contribution in [0.25, 0.3) is 0 Å². The fourth-order valence-electron chi connectivity index (χ4n) is 4.44. The first-order chi connectivity index (χ1) is 12.2. The van der Waals surface area contributed by atoms with Gasteiger partial charge in [-0.25, -0.2) is 9.97 Å². The van der Waals surface area contributed by atoms with E-state index in [9.17, 15) is 9.90 Å². The molecule has 0 aromatic carbocycles. The van der Waals surface area contributed by atoms with Gasteiger partial charge in [0.05, 0.1) is 6.10 Å². The van der Waals surface area contributed by atoms with E-state index in [2.05, 4.69) is 28.7 Å². The molecule has 1 saturated heterocycles. The number of rotatable bonds is 4. The summed E-state index contributed by atoms with van der Waals surface area (Å²) in [5, 5.41) is 10.4. The number of nitrogens with zero attached hydrogens (tertiary/aromatic N) is 4. The molecule has 3 rings (SSSR count). The predicted molar refractivity (Wildman–Crippen MR) is 101 cm³/mol. The largest absolute Gasteiger partial charge is 0.391 e. The van der Waals surface area contributed by atoms with E-state index in [4.69, 9.17) is 5.73 Å². The molecular weight excluding hydrogens is 330 g/mol. The average Bonchev–Trinajstić information content (AvgIpc) is 2.94. The highest BCUT2D eigenvalue weighted by Gasteiger charge is 2.43. The SMILES string of the molecule is CC(C)Cc1cc(C(=O)N2C[C@H]3C[C@@H](N(C)C)[C@H](O)C[C@H]3C2)nc(N)n1. The van der Waals surface area contributed by atoms with Crippen LogP contribution in [0.4, 0.5) is 5.95 Å². The third kappa shape index (κ3) is 3.99. The summed E-state index contributed by atoms with van der Waals surface area (Å²) in [7, 11) is 4.01. The van der Waals surface area contributed by atoms with Crippen molar-refractivity contribution in [3.8, 4) is 0 Å². The summed E-state index contributed by atoms with van der Waals surface area (Å²) in [5.41, 5.74) is 7.03. The van der Waals surface area contributed by atoms with Gasteiger partial charge in [0.1, 0.15) is 5.69 Å². The zero-order valence-corrected chi connectivity index (χ0v) is 16.2. The molecule has 26 heavy (non-hydrogen) atoms. The second-order valence-electron chi connectivity index (χ2n) is 8.50. The minimum atomic E-state index is -0.325. The molecule has 144 valence electrons. The maximum Gasteiger partial charge on any atom is 0.272 e. The van der Waals surface area contributed by atoms with Crippen LogP contribution in [-0.2, 0) is 6.42 Å². The summed E-state index contributed by atoms with van der Waals surface area (Å²) in [6.07, 6.45) is 2.12. The Balaban J connectivity index is 1.73. The molecule has 2 aliphatic rings. The van der Waals surface area contributed by atoms with Crippen molar-refractivity contribution in [2.45, 2.75) is 45.3 Å². The second kappa shape index (κ2) is 7.48. The monoisotopic (exact) mass is 361 g/mol. The number of amides is 1. The van der Waals surface area contributed by atoms with Gasteiger partial charge >= 0.3 is 0 Å². The summed E-state index contributed by atoms with van der Waals surface area (Å²) >= 11 is 0. The van der Waals surface area contributed by atoms with Crippen LogP contribution in [0.2, 0.25) is 0 Å². The quantitative estimate of drug-likeness (QED) is 0.832. The number of aliphatic hydroxyl groups is 1. The number of likely N-dealkylation sites (tertiary alicyclic amines) is 1. The third-order valence-electron chi connectivity index (χ3n) is 5.69. The lowest BCUT2D eigenvalue weighted by Crippen LogP contribution is -2.46. The molecule has 2 fully saturated rings. The van der Waals surface area contributed by atoms with Gasteiger partial charge in [0.25, 0.3) is 5.91 Å². The lowest BCUT2D eigenvalue weighted by molar-refractivity contribution is 0.00940. The molecule has 1 aliphatic carbocycles. The highest BCUT2D eigenvalue weighted by Crippen LogP contribution is 2.38. The van der Waals surface area contributed by atoms with E-state index < -0.39 is 0 Å². The van der Waals surface area contributed by atoms with Crippen molar-refractivity contribution < 1.29 is 9.90 Å². The highest BCUT2D eigenvalue weighted by atomic mass is 16.3. The van der Waals surface area contributed by atoms with Crippen molar-refractivity contribution in [2.75, 3.05) is 32.9 Å². The summed E-state index contributed by atoms with van der Waals surface area (Å²) in [5.74, 6) is 1.32. The van der Waals surface area contributed by atoms with Crippen molar-refractivity contribution in [1.29, 1.82) is 0 Å². The van der Waals surface area contributed by atoms with Gasteiger partial charge in [0.2, 0.25) is 5.95 Å². The van der Waals surface area contributed by atoms with Gasteiger partial charge in [-0.3, -0.25) is 4.79 Å². The summed E-state index contributed by atoms with van der Waals surface area (Å²) in [6, 6.07) is 1.94. The Hall–Kier alpha value is -1.73. The van der Waals surface area contributed by atoms with Crippen molar-refractivity contribution in [3.63, 3.8) is 0 Å². The number of nitrogen functional groups attached to an aromatic ring is 1. The first-order valence-electron chi connectivity index (χ1n) is 9.51. The van der Waals surface area contributed by atoms with E-state index in [1.165, 1.54) is 0 Å². The summed E-state index contributed by atoms with van der Waals surface area (Å²) in [4.78, 5) is 25.4. The molecule has 1 amide bonds.